The summed E-state index contributed by atoms with van der Waals surface area (Å²) < 4.78 is 31.2. The smallest absolute Gasteiger partial charge is 0.246 e. The Balaban J connectivity index is 2.85. The molecule has 8 heteroatoms. The van der Waals surface area contributed by atoms with Crippen molar-refractivity contribution in [3.8, 4) is 0 Å². The second-order valence-electron chi connectivity index (χ2n) is 4.26. The first-order valence-electron chi connectivity index (χ1n) is 5.88. The summed E-state index contributed by atoms with van der Waals surface area (Å²) in [5.41, 5.74) is 2.67. The first-order valence-corrected chi connectivity index (χ1v) is 7.32. The number of sulfonamides is 1. The average molecular weight is 288 g/mol. The van der Waals surface area contributed by atoms with Gasteiger partial charge in [-0.15, -0.1) is 0 Å². The van der Waals surface area contributed by atoms with Crippen molar-refractivity contribution in [1.82, 2.24) is 9.29 Å². The van der Waals surface area contributed by atoms with E-state index in [0.29, 0.717) is 12.3 Å². The Hall–Kier alpha value is -1.22. The van der Waals surface area contributed by atoms with Crippen LogP contribution in [0.15, 0.2) is 23.4 Å². The lowest BCUT2D eigenvalue weighted by atomic mass is 10.4. The number of hydrogen-bond donors (Lipinski definition) is 2. The van der Waals surface area contributed by atoms with E-state index in [2.05, 4.69) is 10.4 Å². The van der Waals surface area contributed by atoms with Gasteiger partial charge in [0.05, 0.1) is 18.4 Å². The number of ether oxygens (including phenoxy) is 1. The highest BCUT2D eigenvalue weighted by atomic mass is 32.2. The number of hydrogen-bond acceptors (Lipinski definition) is 6. The molecular formula is C11H20N4O3S. The zero-order chi connectivity index (χ0) is 14.5. The molecule has 0 aliphatic heterocycles. The van der Waals surface area contributed by atoms with Crippen molar-refractivity contribution in [1.29, 1.82) is 0 Å². The number of hydrazine groups is 1. The number of nitrogens with zero attached hydrogens (tertiary/aromatic N) is 2. The third-order valence-electron chi connectivity index (χ3n) is 2.49. The van der Waals surface area contributed by atoms with Crippen LogP contribution in [0.5, 0.6) is 0 Å². The van der Waals surface area contributed by atoms with Gasteiger partial charge in [-0.05, 0) is 19.9 Å². The van der Waals surface area contributed by atoms with Crippen molar-refractivity contribution < 1.29 is 13.2 Å². The minimum absolute atomic E-state index is 0.0459. The molecule has 0 aliphatic rings. The van der Waals surface area contributed by atoms with Crippen molar-refractivity contribution in [2.75, 3.05) is 25.6 Å². The molecule has 19 heavy (non-hydrogen) atoms. The second kappa shape index (κ2) is 6.80. The summed E-state index contributed by atoms with van der Waals surface area (Å²) in [4.78, 5) is 3.86. The van der Waals surface area contributed by atoms with E-state index in [9.17, 15) is 8.42 Å². The average Bonchev–Trinajstić information content (AvgIpc) is 2.38. The van der Waals surface area contributed by atoms with Crippen LogP contribution >= 0.6 is 0 Å². The predicted octanol–water partition coefficient (Wildman–Crippen LogP) is 0.413. The van der Waals surface area contributed by atoms with Gasteiger partial charge in [-0.2, -0.15) is 4.31 Å². The third-order valence-corrected chi connectivity index (χ3v) is 4.37. The Kier molecular flexibility index (Phi) is 5.67. The Morgan fingerprint density at radius 3 is 2.79 bits per heavy atom. The molecule has 0 atom stereocenters. The van der Waals surface area contributed by atoms with Crippen LogP contribution in [0.3, 0.4) is 0 Å². The van der Waals surface area contributed by atoms with Gasteiger partial charge in [-0.25, -0.2) is 8.42 Å². The number of pyridine rings is 1. The van der Waals surface area contributed by atoms with E-state index in [-0.39, 0.29) is 17.5 Å². The number of nitrogens with two attached hydrogens (primary N) is 1. The predicted molar refractivity (Wildman–Crippen MR) is 73.0 cm³/mol. The van der Waals surface area contributed by atoms with Crippen LogP contribution < -0.4 is 11.3 Å². The third kappa shape index (κ3) is 4.13. The molecule has 0 spiro atoms. The van der Waals surface area contributed by atoms with Gasteiger partial charge in [0.15, 0.2) is 0 Å². The van der Waals surface area contributed by atoms with E-state index in [4.69, 9.17) is 10.6 Å². The molecule has 1 aromatic heterocycles. The minimum Gasteiger partial charge on any atom is -0.377 e. The maximum Gasteiger partial charge on any atom is 0.246 e. The van der Waals surface area contributed by atoms with E-state index in [1.54, 1.807) is 0 Å². The van der Waals surface area contributed by atoms with Crippen LogP contribution in [-0.2, 0) is 14.8 Å². The van der Waals surface area contributed by atoms with Gasteiger partial charge >= 0.3 is 0 Å². The molecule has 1 heterocycles. The summed E-state index contributed by atoms with van der Waals surface area (Å²) >= 11 is 0. The number of aromatic nitrogens is 1. The lowest BCUT2D eigenvalue weighted by Crippen LogP contribution is -2.31. The zero-order valence-corrected chi connectivity index (χ0v) is 12.1. The summed E-state index contributed by atoms with van der Waals surface area (Å²) in [5.74, 6) is 5.30. The first-order chi connectivity index (χ1) is 8.89. The summed E-state index contributed by atoms with van der Waals surface area (Å²) in [5, 5.41) is 0. The fraction of sp³-hybridized carbons (Fsp3) is 0.545. The summed E-state index contributed by atoms with van der Waals surface area (Å²) in [7, 11) is -2.14. The second-order valence-corrected chi connectivity index (χ2v) is 6.28. The van der Waals surface area contributed by atoms with Crippen LogP contribution in [-0.4, -0.2) is 44.0 Å². The zero-order valence-electron chi connectivity index (χ0n) is 11.3. The van der Waals surface area contributed by atoms with Gasteiger partial charge in [-0.3, -0.25) is 10.8 Å². The molecule has 1 aromatic rings. The van der Waals surface area contributed by atoms with Crippen LogP contribution in [0.25, 0.3) is 0 Å². The van der Waals surface area contributed by atoms with Crippen LogP contribution in [0.2, 0.25) is 0 Å². The summed E-state index contributed by atoms with van der Waals surface area (Å²) in [6.45, 7) is 4.39. The highest BCUT2D eigenvalue weighted by Crippen LogP contribution is 2.21. The van der Waals surface area contributed by atoms with Crippen molar-refractivity contribution in [2.24, 2.45) is 5.84 Å². The molecule has 7 nitrogen and oxygen atoms in total. The molecule has 0 saturated heterocycles. The first kappa shape index (κ1) is 15.8. The number of rotatable bonds is 7. The molecule has 0 aliphatic carbocycles. The fourth-order valence-electron chi connectivity index (χ4n) is 1.41. The van der Waals surface area contributed by atoms with Crippen molar-refractivity contribution >= 4 is 15.7 Å². The Morgan fingerprint density at radius 2 is 2.21 bits per heavy atom. The monoisotopic (exact) mass is 288 g/mol. The van der Waals surface area contributed by atoms with Gasteiger partial charge in [-0.1, -0.05) is 0 Å². The molecule has 0 radical (unpaired) electrons. The standard InChI is InChI=1S/C11H20N4O3S/c1-9(2)18-7-6-15(3)19(16,17)11-8-13-5-4-10(11)14-12/h4-5,8-9H,6-7,12H2,1-3H3,(H,13,14). The van der Waals surface area contributed by atoms with E-state index >= 15 is 0 Å². The maximum absolute atomic E-state index is 12.3. The molecule has 0 bridgehead atoms. The summed E-state index contributed by atoms with van der Waals surface area (Å²) in [6, 6.07) is 1.51. The molecule has 3 N–H and O–H groups in total. The van der Waals surface area contributed by atoms with Gasteiger partial charge < -0.3 is 10.2 Å². The molecule has 0 saturated carbocycles. The number of likely N-dealkylation sites (N-methyl/N-ethyl adjacent to an activating group) is 1. The normalized spacial score (nSPS) is 12.1. The lowest BCUT2D eigenvalue weighted by Gasteiger charge is -2.19. The number of anilines is 1. The van der Waals surface area contributed by atoms with E-state index in [0.717, 1.165) is 0 Å². The Labute approximate surface area is 113 Å². The van der Waals surface area contributed by atoms with Crippen molar-refractivity contribution in [3.63, 3.8) is 0 Å². The van der Waals surface area contributed by atoms with E-state index in [1.165, 1.54) is 29.8 Å². The topological polar surface area (TPSA) is 97.5 Å². The maximum atomic E-state index is 12.3. The van der Waals surface area contributed by atoms with Crippen molar-refractivity contribution in [2.45, 2.75) is 24.8 Å². The van der Waals surface area contributed by atoms with E-state index < -0.39 is 10.0 Å². The molecule has 108 valence electrons. The molecule has 1 rings (SSSR count). The summed E-state index contributed by atoms with van der Waals surface area (Å²) in [6.07, 6.45) is 2.80. The molecule has 0 fully saturated rings. The van der Waals surface area contributed by atoms with Crippen molar-refractivity contribution in [3.05, 3.63) is 18.5 Å². The molecule has 0 amide bonds. The van der Waals surface area contributed by atoms with Gasteiger partial charge in [0.2, 0.25) is 10.0 Å². The SMILES string of the molecule is CC(C)OCCN(C)S(=O)(=O)c1cnccc1NN. The lowest BCUT2D eigenvalue weighted by molar-refractivity contribution is 0.0737. The molecule has 0 unspecified atom stereocenters. The highest BCUT2D eigenvalue weighted by molar-refractivity contribution is 7.89. The van der Waals surface area contributed by atoms with Gasteiger partial charge in [0.1, 0.15) is 4.90 Å². The molecular weight excluding hydrogens is 268 g/mol. The van der Waals surface area contributed by atoms with Crippen LogP contribution in [0.4, 0.5) is 5.69 Å². The van der Waals surface area contributed by atoms with Crippen LogP contribution in [0, 0.1) is 0 Å². The Morgan fingerprint density at radius 1 is 1.53 bits per heavy atom. The largest absolute Gasteiger partial charge is 0.377 e. The quantitative estimate of drug-likeness (QED) is 0.557. The Bertz CT molecular complexity index is 504. The number of nitrogens with one attached hydrogen (secondary N) is 1. The fourth-order valence-corrected chi connectivity index (χ4v) is 2.66. The van der Waals surface area contributed by atoms with Crippen LogP contribution in [0.1, 0.15) is 13.8 Å². The van der Waals surface area contributed by atoms with Gasteiger partial charge in [0, 0.05) is 26.0 Å². The highest BCUT2D eigenvalue weighted by Gasteiger charge is 2.23. The van der Waals surface area contributed by atoms with Gasteiger partial charge in [0.25, 0.3) is 0 Å². The molecule has 0 aromatic carbocycles. The number of nitrogen functional groups attached to an aromatic ring is 1. The minimum atomic E-state index is -3.63. The van der Waals surface area contributed by atoms with E-state index in [1.807, 2.05) is 13.8 Å².